The molecule has 0 saturated carbocycles. The third-order valence-corrected chi connectivity index (χ3v) is 4.19. The zero-order chi connectivity index (χ0) is 15.4. The number of benzene rings is 1. The van der Waals surface area contributed by atoms with E-state index in [9.17, 15) is 4.79 Å². The monoisotopic (exact) mass is 349 g/mol. The maximum atomic E-state index is 12.2. The van der Waals surface area contributed by atoms with E-state index in [0.717, 1.165) is 22.2 Å². The number of carbonyl (C=O) groups excluding carboxylic acids is 1. The molecule has 0 aliphatic rings. The topological polar surface area (TPSA) is 46.9 Å². The second-order valence-electron chi connectivity index (χ2n) is 5.20. The van der Waals surface area contributed by atoms with Gasteiger partial charge in [-0.3, -0.25) is 9.48 Å². The van der Waals surface area contributed by atoms with E-state index in [4.69, 9.17) is 0 Å². The first kappa shape index (κ1) is 15.8. The molecule has 2 aromatic rings. The van der Waals surface area contributed by atoms with E-state index in [2.05, 4.69) is 64.5 Å². The van der Waals surface area contributed by atoms with Gasteiger partial charge in [0.2, 0.25) is 5.91 Å². The third-order valence-electron chi connectivity index (χ3n) is 3.42. The van der Waals surface area contributed by atoms with Crippen LogP contribution in [0.4, 0.5) is 0 Å². The molecule has 0 fully saturated rings. The molecule has 1 heterocycles. The summed E-state index contributed by atoms with van der Waals surface area (Å²) in [5.74, 6) is -0.0302. The normalized spacial score (nSPS) is 12.2. The van der Waals surface area contributed by atoms with Gasteiger partial charge in [-0.1, -0.05) is 36.8 Å². The van der Waals surface area contributed by atoms with Gasteiger partial charge in [0.05, 0.1) is 16.2 Å². The number of carbonyl (C=O) groups is 1. The first-order valence-electron chi connectivity index (χ1n) is 7.05. The molecule has 0 bridgehead atoms. The lowest BCUT2D eigenvalue weighted by Crippen LogP contribution is -2.31. The van der Waals surface area contributed by atoms with E-state index in [0.29, 0.717) is 0 Å². The lowest BCUT2D eigenvalue weighted by atomic mass is 10.0. The predicted molar refractivity (Wildman–Crippen MR) is 87.0 cm³/mol. The van der Waals surface area contributed by atoms with Gasteiger partial charge in [0, 0.05) is 6.20 Å². The van der Waals surface area contributed by atoms with Crippen molar-refractivity contribution in [1.29, 1.82) is 0 Å². The average molecular weight is 350 g/mol. The highest BCUT2D eigenvalue weighted by Crippen LogP contribution is 2.17. The third kappa shape index (κ3) is 4.17. The lowest BCUT2D eigenvalue weighted by Gasteiger charge is -2.17. The number of amides is 1. The minimum Gasteiger partial charge on any atom is -0.348 e. The number of aromatic nitrogens is 2. The van der Waals surface area contributed by atoms with Gasteiger partial charge in [0.15, 0.2) is 0 Å². The van der Waals surface area contributed by atoms with Crippen molar-refractivity contribution < 1.29 is 4.79 Å². The van der Waals surface area contributed by atoms with Crippen LogP contribution in [0.3, 0.4) is 0 Å². The van der Waals surface area contributed by atoms with Crippen molar-refractivity contribution in [2.24, 2.45) is 0 Å². The van der Waals surface area contributed by atoms with Crippen molar-refractivity contribution in [3.05, 3.63) is 51.8 Å². The minimum atomic E-state index is -0.0302. The fourth-order valence-electron chi connectivity index (χ4n) is 2.18. The molecule has 1 aromatic carbocycles. The molecule has 112 valence electrons. The highest BCUT2D eigenvalue weighted by Gasteiger charge is 2.13. The van der Waals surface area contributed by atoms with Gasteiger partial charge in [-0.05, 0) is 41.8 Å². The minimum absolute atomic E-state index is 0.0302. The molecule has 0 saturated heterocycles. The second-order valence-corrected chi connectivity index (χ2v) is 6.05. The zero-order valence-corrected chi connectivity index (χ0v) is 14.1. The van der Waals surface area contributed by atoms with E-state index in [1.807, 2.05) is 13.1 Å². The molecule has 4 nitrogen and oxygen atoms in total. The van der Waals surface area contributed by atoms with Crippen LogP contribution in [0.15, 0.2) is 34.9 Å². The molecular formula is C16H20BrN3O. The highest BCUT2D eigenvalue weighted by molar-refractivity contribution is 9.10. The van der Waals surface area contributed by atoms with E-state index < -0.39 is 0 Å². The van der Waals surface area contributed by atoms with Crippen LogP contribution in [0.1, 0.15) is 36.2 Å². The van der Waals surface area contributed by atoms with E-state index in [1.165, 1.54) is 5.56 Å². The fourth-order valence-corrected chi connectivity index (χ4v) is 2.50. The Kier molecular flexibility index (Phi) is 5.17. The molecule has 0 radical (unpaired) electrons. The molecule has 2 rings (SSSR count). The smallest absolute Gasteiger partial charge is 0.242 e. The van der Waals surface area contributed by atoms with E-state index in [-0.39, 0.29) is 18.5 Å². The maximum Gasteiger partial charge on any atom is 0.242 e. The van der Waals surface area contributed by atoms with Gasteiger partial charge in [-0.25, -0.2) is 0 Å². The summed E-state index contributed by atoms with van der Waals surface area (Å²) in [5.41, 5.74) is 3.24. The Labute approximate surface area is 133 Å². The Morgan fingerprint density at radius 2 is 2.00 bits per heavy atom. The van der Waals surface area contributed by atoms with Crippen LogP contribution >= 0.6 is 15.9 Å². The van der Waals surface area contributed by atoms with Crippen molar-refractivity contribution >= 4 is 21.8 Å². The summed E-state index contributed by atoms with van der Waals surface area (Å²) in [4.78, 5) is 12.2. The van der Waals surface area contributed by atoms with Gasteiger partial charge in [-0.15, -0.1) is 0 Å². The number of hydrogen-bond donors (Lipinski definition) is 1. The number of aryl methyl sites for hydroxylation is 2. The maximum absolute atomic E-state index is 12.2. The molecule has 5 heteroatoms. The van der Waals surface area contributed by atoms with Crippen LogP contribution in [-0.2, 0) is 11.3 Å². The average Bonchev–Trinajstić information content (AvgIpc) is 2.75. The summed E-state index contributed by atoms with van der Waals surface area (Å²) in [6.45, 7) is 6.26. The number of rotatable bonds is 5. The molecule has 1 amide bonds. The Hall–Kier alpha value is -1.62. The lowest BCUT2D eigenvalue weighted by molar-refractivity contribution is -0.122. The molecule has 21 heavy (non-hydrogen) atoms. The van der Waals surface area contributed by atoms with Crippen molar-refractivity contribution in [3.8, 4) is 0 Å². The van der Waals surface area contributed by atoms with Gasteiger partial charge in [0.25, 0.3) is 0 Å². The fraction of sp³-hybridized carbons (Fsp3) is 0.375. The molecule has 1 unspecified atom stereocenters. The molecule has 0 aliphatic carbocycles. The molecule has 0 spiro atoms. The summed E-state index contributed by atoms with van der Waals surface area (Å²) in [6, 6.07) is 8.31. The Morgan fingerprint density at radius 1 is 1.33 bits per heavy atom. The van der Waals surface area contributed by atoms with E-state index in [1.54, 1.807) is 4.68 Å². The van der Waals surface area contributed by atoms with Crippen molar-refractivity contribution in [2.45, 2.75) is 39.8 Å². The summed E-state index contributed by atoms with van der Waals surface area (Å²) < 4.78 is 2.57. The SMILES string of the molecule is CCC(NC(=O)Cn1cc(Br)c(C)n1)c1ccc(C)cc1. The van der Waals surface area contributed by atoms with Crippen LogP contribution in [0.25, 0.3) is 0 Å². The first-order chi connectivity index (χ1) is 9.99. The second kappa shape index (κ2) is 6.89. The van der Waals surface area contributed by atoms with Crippen LogP contribution in [-0.4, -0.2) is 15.7 Å². The van der Waals surface area contributed by atoms with Crippen molar-refractivity contribution in [1.82, 2.24) is 15.1 Å². The zero-order valence-electron chi connectivity index (χ0n) is 12.6. The number of nitrogens with one attached hydrogen (secondary N) is 1. The van der Waals surface area contributed by atoms with Crippen molar-refractivity contribution in [2.75, 3.05) is 0 Å². The molecule has 1 atom stereocenters. The van der Waals surface area contributed by atoms with Gasteiger partial charge >= 0.3 is 0 Å². The summed E-state index contributed by atoms with van der Waals surface area (Å²) in [5, 5.41) is 7.34. The highest BCUT2D eigenvalue weighted by atomic mass is 79.9. The molecule has 1 N–H and O–H groups in total. The Bertz CT molecular complexity index is 599. The quantitative estimate of drug-likeness (QED) is 0.897. The Morgan fingerprint density at radius 3 is 2.52 bits per heavy atom. The predicted octanol–water partition coefficient (Wildman–Crippen LogP) is 3.53. The number of halogens is 1. The molecule has 1 aromatic heterocycles. The van der Waals surface area contributed by atoms with Crippen LogP contribution in [0, 0.1) is 13.8 Å². The number of hydrogen-bond acceptors (Lipinski definition) is 2. The van der Waals surface area contributed by atoms with Gasteiger partial charge in [-0.2, -0.15) is 5.10 Å². The summed E-state index contributed by atoms with van der Waals surface area (Å²) in [6.07, 6.45) is 2.68. The summed E-state index contributed by atoms with van der Waals surface area (Å²) >= 11 is 3.40. The van der Waals surface area contributed by atoms with E-state index >= 15 is 0 Å². The first-order valence-corrected chi connectivity index (χ1v) is 7.84. The van der Waals surface area contributed by atoms with Gasteiger partial charge in [0.1, 0.15) is 6.54 Å². The Balaban J connectivity index is 2.01. The molecular weight excluding hydrogens is 330 g/mol. The molecule has 0 aliphatic heterocycles. The van der Waals surface area contributed by atoms with Crippen LogP contribution < -0.4 is 5.32 Å². The van der Waals surface area contributed by atoms with Gasteiger partial charge < -0.3 is 5.32 Å². The van der Waals surface area contributed by atoms with Crippen molar-refractivity contribution in [3.63, 3.8) is 0 Å². The number of nitrogens with zero attached hydrogens (tertiary/aromatic N) is 2. The summed E-state index contributed by atoms with van der Waals surface area (Å²) in [7, 11) is 0. The van der Waals surface area contributed by atoms with Crippen LogP contribution in [0.2, 0.25) is 0 Å². The standard InChI is InChI=1S/C16H20BrN3O/c1-4-15(13-7-5-11(2)6-8-13)18-16(21)10-20-9-14(17)12(3)19-20/h5-9,15H,4,10H2,1-3H3,(H,18,21). The van der Waals surface area contributed by atoms with Crippen LogP contribution in [0.5, 0.6) is 0 Å². The largest absolute Gasteiger partial charge is 0.348 e.